The SMILES string of the molecule is CC(C)c1ccc(C=CC(O)c2ccccc2)cc1. The Labute approximate surface area is 115 Å². The minimum atomic E-state index is -0.550. The molecule has 98 valence electrons. The van der Waals surface area contributed by atoms with Crippen LogP contribution in [0.4, 0.5) is 0 Å². The van der Waals surface area contributed by atoms with Crippen LogP contribution in [0.15, 0.2) is 60.7 Å². The number of aliphatic hydroxyl groups is 1. The normalized spacial score (nSPS) is 13.1. The number of benzene rings is 2. The standard InChI is InChI=1S/C18H20O/c1-14(2)16-11-8-15(9-12-16)10-13-18(19)17-6-4-3-5-7-17/h3-14,18-19H,1-2H3. The molecule has 0 heterocycles. The van der Waals surface area contributed by atoms with Crippen molar-refractivity contribution in [2.75, 3.05) is 0 Å². The lowest BCUT2D eigenvalue weighted by Gasteiger charge is -2.06. The van der Waals surface area contributed by atoms with Crippen molar-refractivity contribution in [1.29, 1.82) is 0 Å². The van der Waals surface area contributed by atoms with Gasteiger partial charge in [-0.1, -0.05) is 80.6 Å². The molecule has 1 nitrogen and oxygen atoms in total. The van der Waals surface area contributed by atoms with Crippen LogP contribution in [0.25, 0.3) is 6.08 Å². The molecule has 0 radical (unpaired) electrons. The molecule has 1 N–H and O–H groups in total. The first-order chi connectivity index (χ1) is 9.16. The Morgan fingerprint density at radius 2 is 1.47 bits per heavy atom. The van der Waals surface area contributed by atoms with Crippen LogP contribution in [0, 0.1) is 0 Å². The Bertz CT molecular complexity index is 523. The quantitative estimate of drug-likeness (QED) is 0.846. The van der Waals surface area contributed by atoms with E-state index in [2.05, 4.69) is 38.1 Å². The van der Waals surface area contributed by atoms with E-state index in [4.69, 9.17) is 0 Å². The third kappa shape index (κ3) is 3.80. The van der Waals surface area contributed by atoms with Gasteiger partial charge in [0.25, 0.3) is 0 Å². The molecule has 19 heavy (non-hydrogen) atoms. The number of hydrogen-bond acceptors (Lipinski definition) is 1. The van der Waals surface area contributed by atoms with Crippen molar-refractivity contribution < 1.29 is 5.11 Å². The summed E-state index contributed by atoms with van der Waals surface area (Å²) in [6, 6.07) is 18.1. The number of aliphatic hydroxyl groups excluding tert-OH is 1. The van der Waals surface area contributed by atoms with Crippen LogP contribution in [0.3, 0.4) is 0 Å². The molecule has 1 heteroatoms. The average molecular weight is 252 g/mol. The third-order valence-corrected chi connectivity index (χ3v) is 3.22. The van der Waals surface area contributed by atoms with Crippen molar-refractivity contribution >= 4 is 6.08 Å². The molecule has 0 aliphatic heterocycles. The van der Waals surface area contributed by atoms with Gasteiger partial charge in [0.2, 0.25) is 0 Å². The summed E-state index contributed by atoms with van der Waals surface area (Å²) in [4.78, 5) is 0. The highest BCUT2D eigenvalue weighted by atomic mass is 16.3. The zero-order valence-electron chi connectivity index (χ0n) is 11.5. The van der Waals surface area contributed by atoms with Crippen LogP contribution in [0.2, 0.25) is 0 Å². The molecular formula is C18H20O. The van der Waals surface area contributed by atoms with E-state index in [9.17, 15) is 5.11 Å². The van der Waals surface area contributed by atoms with Gasteiger partial charge in [-0.3, -0.25) is 0 Å². The fraction of sp³-hybridized carbons (Fsp3) is 0.222. The molecule has 0 bridgehead atoms. The van der Waals surface area contributed by atoms with Gasteiger partial charge < -0.3 is 5.11 Å². The predicted octanol–water partition coefficient (Wildman–Crippen LogP) is 4.56. The molecule has 0 fully saturated rings. The molecule has 0 saturated heterocycles. The minimum Gasteiger partial charge on any atom is -0.384 e. The van der Waals surface area contributed by atoms with E-state index in [-0.39, 0.29) is 0 Å². The highest BCUT2D eigenvalue weighted by Gasteiger charge is 2.01. The molecule has 2 aromatic carbocycles. The monoisotopic (exact) mass is 252 g/mol. The Balaban J connectivity index is 2.06. The Hall–Kier alpha value is -1.86. The molecule has 0 saturated carbocycles. The summed E-state index contributed by atoms with van der Waals surface area (Å²) < 4.78 is 0. The highest BCUT2D eigenvalue weighted by molar-refractivity contribution is 5.51. The molecule has 1 atom stereocenters. The Morgan fingerprint density at radius 1 is 0.842 bits per heavy atom. The summed E-state index contributed by atoms with van der Waals surface area (Å²) in [5, 5.41) is 10.0. The summed E-state index contributed by atoms with van der Waals surface area (Å²) in [7, 11) is 0. The second-order valence-corrected chi connectivity index (χ2v) is 5.04. The minimum absolute atomic E-state index is 0.549. The van der Waals surface area contributed by atoms with E-state index in [1.807, 2.05) is 42.5 Å². The van der Waals surface area contributed by atoms with Crippen LogP contribution in [-0.4, -0.2) is 5.11 Å². The van der Waals surface area contributed by atoms with Crippen LogP contribution in [0.5, 0.6) is 0 Å². The van der Waals surface area contributed by atoms with E-state index >= 15 is 0 Å². The third-order valence-electron chi connectivity index (χ3n) is 3.22. The van der Waals surface area contributed by atoms with Crippen molar-refractivity contribution in [3.8, 4) is 0 Å². The zero-order valence-corrected chi connectivity index (χ0v) is 11.5. The average Bonchev–Trinajstić information content (AvgIpc) is 2.46. The first-order valence-corrected chi connectivity index (χ1v) is 6.68. The summed E-state index contributed by atoms with van der Waals surface area (Å²) >= 11 is 0. The Kier molecular flexibility index (Phi) is 4.53. The largest absolute Gasteiger partial charge is 0.384 e. The first-order valence-electron chi connectivity index (χ1n) is 6.68. The maximum atomic E-state index is 10.0. The number of rotatable bonds is 4. The van der Waals surface area contributed by atoms with Crippen LogP contribution < -0.4 is 0 Å². The molecule has 2 aromatic rings. The molecular weight excluding hydrogens is 232 g/mol. The van der Waals surface area contributed by atoms with Gasteiger partial charge in [-0.05, 0) is 22.6 Å². The van der Waals surface area contributed by atoms with Gasteiger partial charge in [0.1, 0.15) is 0 Å². The van der Waals surface area contributed by atoms with Crippen molar-refractivity contribution in [2.24, 2.45) is 0 Å². The van der Waals surface area contributed by atoms with Gasteiger partial charge in [0, 0.05) is 0 Å². The van der Waals surface area contributed by atoms with E-state index in [0.717, 1.165) is 11.1 Å². The molecule has 1 unspecified atom stereocenters. The smallest absolute Gasteiger partial charge is 0.0975 e. The molecule has 0 aliphatic carbocycles. The van der Waals surface area contributed by atoms with Crippen molar-refractivity contribution in [2.45, 2.75) is 25.9 Å². The molecule has 2 rings (SSSR count). The fourth-order valence-corrected chi connectivity index (χ4v) is 1.96. The van der Waals surface area contributed by atoms with Crippen molar-refractivity contribution in [1.82, 2.24) is 0 Å². The fourth-order valence-electron chi connectivity index (χ4n) is 1.96. The van der Waals surface area contributed by atoms with Crippen LogP contribution >= 0.6 is 0 Å². The van der Waals surface area contributed by atoms with Gasteiger partial charge in [-0.25, -0.2) is 0 Å². The van der Waals surface area contributed by atoms with Gasteiger partial charge >= 0.3 is 0 Å². The molecule has 0 spiro atoms. The zero-order chi connectivity index (χ0) is 13.7. The number of hydrogen-bond donors (Lipinski definition) is 1. The summed E-state index contributed by atoms with van der Waals surface area (Å²) in [6.07, 6.45) is 3.23. The summed E-state index contributed by atoms with van der Waals surface area (Å²) in [6.45, 7) is 4.37. The van der Waals surface area contributed by atoms with Gasteiger partial charge in [0.05, 0.1) is 6.10 Å². The van der Waals surface area contributed by atoms with Gasteiger partial charge in [-0.2, -0.15) is 0 Å². The van der Waals surface area contributed by atoms with E-state index in [1.165, 1.54) is 5.56 Å². The highest BCUT2D eigenvalue weighted by Crippen LogP contribution is 2.18. The molecule has 0 aliphatic rings. The van der Waals surface area contributed by atoms with E-state index in [0.29, 0.717) is 5.92 Å². The van der Waals surface area contributed by atoms with E-state index in [1.54, 1.807) is 0 Å². The molecule has 0 aromatic heterocycles. The predicted molar refractivity (Wildman–Crippen MR) is 81.0 cm³/mol. The maximum Gasteiger partial charge on any atom is 0.0975 e. The lowest BCUT2D eigenvalue weighted by atomic mass is 10.0. The maximum absolute atomic E-state index is 10.0. The van der Waals surface area contributed by atoms with Crippen molar-refractivity contribution in [3.63, 3.8) is 0 Å². The van der Waals surface area contributed by atoms with Gasteiger partial charge in [-0.15, -0.1) is 0 Å². The van der Waals surface area contributed by atoms with E-state index < -0.39 is 6.10 Å². The lowest BCUT2D eigenvalue weighted by molar-refractivity contribution is 0.229. The topological polar surface area (TPSA) is 20.2 Å². The second-order valence-electron chi connectivity index (χ2n) is 5.04. The Morgan fingerprint density at radius 3 is 2.05 bits per heavy atom. The first kappa shape index (κ1) is 13.6. The summed E-state index contributed by atoms with van der Waals surface area (Å²) in [5.41, 5.74) is 3.36. The van der Waals surface area contributed by atoms with Crippen LogP contribution in [0.1, 0.15) is 42.6 Å². The van der Waals surface area contributed by atoms with Crippen LogP contribution in [-0.2, 0) is 0 Å². The lowest BCUT2D eigenvalue weighted by Crippen LogP contribution is -1.91. The van der Waals surface area contributed by atoms with Gasteiger partial charge in [0.15, 0.2) is 0 Å². The molecule has 0 amide bonds. The second kappa shape index (κ2) is 6.35. The summed E-state index contributed by atoms with van der Waals surface area (Å²) in [5.74, 6) is 0.549. The van der Waals surface area contributed by atoms with Crippen molar-refractivity contribution in [3.05, 3.63) is 77.4 Å².